The monoisotopic (exact) mass is 381 g/mol. The fourth-order valence-electron chi connectivity index (χ4n) is 4.87. The van der Waals surface area contributed by atoms with Gasteiger partial charge in [-0.2, -0.15) is 0 Å². The lowest BCUT2D eigenvalue weighted by molar-refractivity contribution is 0.200. The summed E-state index contributed by atoms with van der Waals surface area (Å²) >= 11 is 0. The predicted molar refractivity (Wildman–Crippen MR) is 108 cm³/mol. The molecule has 0 radical (unpaired) electrons. The van der Waals surface area contributed by atoms with Crippen LogP contribution in [-0.4, -0.2) is 38.9 Å². The van der Waals surface area contributed by atoms with Gasteiger partial charge >= 0.3 is 0 Å². The van der Waals surface area contributed by atoms with Crippen LogP contribution in [0.1, 0.15) is 68.2 Å². The Labute approximate surface area is 167 Å². The average molecular weight is 382 g/mol. The number of ether oxygens (including phenoxy) is 1. The molecule has 0 amide bonds. The van der Waals surface area contributed by atoms with Gasteiger partial charge in [-0.25, -0.2) is 0 Å². The van der Waals surface area contributed by atoms with Crippen LogP contribution in [0.15, 0.2) is 24.3 Å². The topological polar surface area (TPSA) is 55.2 Å². The van der Waals surface area contributed by atoms with Crippen molar-refractivity contribution in [3.8, 4) is 5.75 Å². The summed E-state index contributed by atoms with van der Waals surface area (Å²) in [6, 6.07) is 9.02. The third kappa shape index (κ3) is 3.94. The lowest BCUT2D eigenvalue weighted by Crippen LogP contribution is -2.36. The van der Waals surface area contributed by atoms with E-state index in [2.05, 4.69) is 49.2 Å². The van der Waals surface area contributed by atoms with Crippen molar-refractivity contribution in [2.24, 2.45) is 0 Å². The lowest BCUT2D eigenvalue weighted by Gasteiger charge is -2.30. The van der Waals surface area contributed by atoms with Crippen LogP contribution in [-0.2, 0) is 19.6 Å². The number of aromatic nitrogens is 3. The maximum Gasteiger partial charge on any atom is 0.150 e. The molecule has 3 aliphatic rings. The minimum Gasteiger partial charge on any atom is -0.490 e. The normalized spacial score (nSPS) is 23.6. The number of hydrogen-bond acceptors (Lipinski definition) is 5. The summed E-state index contributed by atoms with van der Waals surface area (Å²) < 4.78 is 8.53. The molecule has 1 N–H and O–H groups in total. The first-order valence-corrected chi connectivity index (χ1v) is 11.0. The Balaban J connectivity index is 1.23. The molecule has 1 aromatic carbocycles. The van der Waals surface area contributed by atoms with E-state index in [9.17, 15) is 0 Å². The van der Waals surface area contributed by atoms with Crippen LogP contribution in [0.3, 0.4) is 0 Å². The zero-order chi connectivity index (χ0) is 18.8. The molecule has 1 saturated heterocycles. The highest BCUT2D eigenvalue weighted by Crippen LogP contribution is 2.27. The molecule has 3 heterocycles. The summed E-state index contributed by atoms with van der Waals surface area (Å²) in [5.41, 5.74) is 1.32. The zero-order valence-electron chi connectivity index (χ0n) is 16.6. The van der Waals surface area contributed by atoms with Gasteiger partial charge < -0.3 is 14.6 Å². The summed E-state index contributed by atoms with van der Waals surface area (Å²) in [6.45, 7) is 4.92. The van der Waals surface area contributed by atoms with Crippen molar-refractivity contribution in [1.29, 1.82) is 0 Å². The van der Waals surface area contributed by atoms with Crippen LogP contribution in [0.4, 0.5) is 0 Å². The maximum absolute atomic E-state index is 6.18. The first-order chi connectivity index (χ1) is 13.8. The number of fused-ring (bicyclic) bond motifs is 1. The highest BCUT2D eigenvalue weighted by Gasteiger charge is 2.26. The molecule has 5 rings (SSSR count). The Morgan fingerprint density at radius 3 is 2.79 bits per heavy atom. The fraction of sp³-hybridized carbons (Fsp3) is 0.636. The first kappa shape index (κ1) is 18.1. The van der Waals surface area contributed by atoms with Gasteiger partial charge in [-0.05, 0) is 62.8 Å². The van der Waals surface area contributed by atoms with Crippen LogP contribution in [0, 0.1) is 0 Å². The number of hydrogen-bond donors (Lipinski definition) is 1. The smallest absolute Gasteiger partial charge is 0.150 e. The van der Waals surface area contributed by atoms with Gasteiger partial charge in [0.25, 0.3) is 0 Å². The van der Waals surface area contributed by atoms with Crippen molar-refractivity contribution >= 4 is 0 Å². The molecule has 1 aliphatic carbocycles. The van der Waals surface area contributed by atoms with Crippen molar-refractivity contribution < 1.29 is 4.74 Å². The molecule has 28 heavy (non-hydrogen) atoms. The summed E-state index contributed by atoms with van der Waals surface area (Å²) in [5, 5.41) is 12.7. The molecule has 2 fully saturated rings. The Kier molecular flexibility index (Phi) is 5.32. The molecule has 0 spiro atoms. The minimum atomic E-state index is 0.381. The Morgan fingerprint density at radius 1 is 1.04 bits per heavy atom. The predicted octanol–water partition coefficient (Wildman–Crippen LogP) is 3.43. The van der Waals surface area contributed by atoms with Crippen LogP contribution >= 0.6 is 0 Å². The largest absolute Gasteiger partial charge is 0.490 e. The molecule has 6 heteroatoms. The summed E-state index contributed by atoms with van der Waals surface area (Å²) in [6.07, 6.45) is 9.15. The minimum absolute atomic E-state index is 0.381. The van der Waals surface area contributed by atoms with Crippen LogP contribution < -0.4 is 10.1 Å². The van der Waals surface area contributed by atoms with E-state index in [1.807, 2.05) is 0 Å². The Morgan fingerprint density at radius 2 is 1.93 bits per heavy atom. The van der Waals surface area contributed by atoms with E-state index < -0.39 is 0 Å². The van der Waals surface area contributed by atoms with E-state index in [-0.39, 0.29) is 0 Å². The molecular weight excluding hydrogens is 350 g/mol. The second-order valence-electron chi connectivity index (χ2n) is 8.51. The molecule has 6 nitrogen and oxygen atoms in total. The van der Waals surface area contributed by atoms with Gasteiger partial charge in [-0.15, -0.1) is 10.2 Å². The van der Waals surface area contributed by atoms with Crippen molar-refractivity contribution in [3.63, 3.8) is 0 Å². The number of rotatable bonds is 5. The third-order valence-electron chi connectivity index (χ3n) is 6.39. The van der Waals surface area contributed by atoms with Crippen LogP contribution in [0.2, 0.25) is 0 Å². The van der Waals surface area contributed by atoms with Gasteiger partial charge in [-0.1, -0.05) is 18.6 Å². The summed E-state index contributed by atoms with van der Waals surface area (Å²) in [7, 11) is 0. The van der Waals surface area contributed by atoms with Gasteiger partial charge in [0.05, 0.1) is 18.7 Å². The van der Waals surface area contributed by atoms with E-state index in [1.54, 1.807) is 0 Å². The number of nitrogens with one attached hydrogen (secondary N) is 1. The van der Waals surface area contributed by atoms with E-state index in [0.29, 0.717) is 12.1 Å². The van der Waals surface area contributed by atoms with Crippen molar-refractivity contribution in [3.05, 3.63) is 41.5 Å². The summed E-state index contributed by atoms with van der Waals surface area (Å²) in [4.78, 5) is 2.47. The Hall–Kier alpha value is -1.92. The molecule has 1 atom stereocenters. The molecule has 2 aromatic rings. The molecular formula is C22H31N5O. The highest BCUT2D eigenvalue weighted by atomic mass is 16.5. The van der Waals surface area contributed by atoms with Gasteiger partial charge in [0.2, 0.25) is 0 Å². The Bertz CT molecular complexity index is 792. The first-order valence-electron chi connectivity index (χ1n) is 11.0. The molecule has 150 valence electrons. The molecule has 1 saturated carbocycles. The van der Waals surface area contributed by atoms with E-state index in [4.69, 9.17) is 4.74 Å². The number of nitrogens with zero attached hydrogens (tertiary/aromatic N) is 4. The van der Waals surface area contributed by atoms with Gasteiger partial charge in [0, 0.05) is 19.6 Å². The molecule has 2 aliphatic heterocycles. The maximum atomic E-state index is 6.18. The number of piperidine rings is 1. The van der Waals surface area contributed by atoms with Crippen molar-refractivity contribution in [1.82, 2.24) is 25.0 Å². The second-order valence-corrected chi connectivity index (χ2v) is 8.51. The molecule has 0 bridgehead atoms. The average Bonchev–Trinajstić information content (AvgIpc) is 3.38. The highest BCUT2D eigenvalue weighted by molar-refractivity contribution is 5.29. The third-order valence-corrected chi connectivity index (χ3v) is 6.39. The molecule has 1 aromatic heterocycles. The number of benzene rings is 1. The lowest BCUT2D eigenvalue weighted by atomic mass is 10.0. The second kappa shape index (κ2) is 8.21. The van der Waals surface area contributed by atoms with E-state index >= 15 is 0 Å². The van der Waals surface area contributed by atoms with Gasteiger partial charge in [0.15, 0.2) is 0 Å². The van der Waals surface area contributed by atoms with Gasteiger partial charge in [0.1, 0.15) is 17.4 Å². The zero-order valence-corrected chi connectivity index (χ0v) is 16.6. The quantitative estimate of drug-likeness (QED) is 0.860. The van der Waals surface area contributed by atoms with Crippen LogP contribution in [0.25, 0.3) is 0 Å². The summed E-state index contributed by atoms with van der Waals surface area (Å²) in [5.74, 6) is 3.27. The van der Waals surface area contributed by atoms with E-state index in [1.165, 1.54) is 50.5 Å². The standard InChI is InChI=1S/C22H31N5O/c1-2-8-18(7-1)28-19-9-5-6-17(14-19)15-26-12-13-27-21(16-26)24-25-22(27)20-10-3-4-11-23-20/h5-6,9,14,18,20,23H,1-4,7-8,10-13,15-16H2/t20-/m0/s1. The molecule has 0 unspecified atom stereocenters. The van der Waals surface area contributed by atoms with Gasteiger partial charge in [-0.3, -0.25) is 4.90 Å². The van der Waals surface area contributed by atoms with Crippen molar-refractivity contribution in [2.75, 3.05) is 13.1 Å². The SMILES string of the molecule is c1cc(CN2CCn3c(nnc3[C@@H]3CCCCN3)C2)cc(OC2CCCC2)c1. The van der Waals surface area contributed by atoms with Crippen LogP contribution in [0.5, 0.6) is 5.75 Å². The fourth-order valence-corrected chi connectivity index (χ4v) is 4.87. The van der Waals surface area contributed by atoms with E-state index in [0.717, 1.165) is 50.1 Å². The van der Waals surface area contributed by atoms with Crippen molar-refractivity contribution in [2.45, 2.75) is 76.7 Å².